The summed E-state index contributed by atoms with van der Waals surface area (Å²) in [6.07, 6.45) is 2.74. The van der Waals surface area contributed by atoms with E-state index in [9.17, 15) is 13.2 Å². The number of piperidine rings is 1. The highest BCUT2D eigenvalue weighted by Crippen LogP contribution is 2.23. The molecule has 0 bridgehead atoms. The molecule has 2 aromatic rings. The molecule has 0 unspecified atom stereocenters. The smallest absolute Gasteiger partial charge is 0.261 e. The fraction of sp³-hybridized carbons (Fsp3) is 0.435. The van der Waals surface area contributed by atoms with Crippen molar-refractivity contribution in [1.82, 2.24) is 9.62 Å². The molecule has 9 heteroatoms. The van der Waals surface area contributed by atoms with Crippen LogP contribution in [0.1, 0.15) is 32.6 Å². The fourth-order valence-electron chi connectivity index (χ4n) is 3.45. The second-order valence-electron chi connectivity index (χ2n) is 7.55. The Labute approximate surface area is 194 Å². The molecule has 0 spiro atoms. The number of ether oxygens (including phenoxy) is 2. The van der Waals surface area contributed by atoms with Crippen molar-refractivity contribution in [2.45, 2.75) is 43.6 Å². The molecule has 1 atom stereocenters. The maximum Gasteiger partial charge on any atom is 0.261 e. The molecular formula is C23H29ClN2O5S. The van der Waals surface area contributed by atoms with Gasteiger partial charge in [-0.05, 0) is 61.7 Å². The summed E-state index contributed by atoms with van der Waals surface area (Å²) in [5.74, 6) is 0.841. The number of nitrogens with zero attached hydrogens (tertiary/aromatic N) is 1. The van der Waals surface area contributed by atoms with Gasteiger partial charge >= 0.3 is 0 Å². The molecular weight excluding hydrogens is 452 g/mol. The zero-order valence-corrected chi connectivity index (χ0v) is 19.7. The normalized spacial score (nSPS) is 15.7. The molecule has 0 saturated carbocycles. The van der Waals surface area contributed by atoms with Gasteiger partial charge in [-0.3, -0.25) is 4.79 Å². The molecule has 32 heavy (non-hydrogen) atoms. The Kier molecular flexibility index (Phi) is 8.78. The Bertz CT molecular complexity index is 992. The van der Waals surface area contributed by atoms with E-state index in [1.54, 1.807) is 48.5 Å². The van der Waals surface area contributed by atoms with Gasteiger partial charge < -0.3 is 14.8 Å². The highest BCUT2D eigenvalue weighted by molar-refractivity contribution is 7.89. The number of hydrogen-bond donors (Lipinski definition) is 1. The zero-order valence-electron chi connectivity index (χ0n) is 18.1. The van der Waals surface area contributed by atoms with Crippen LogP contribution in [0.3, 0.4) is 0 Å². The molecule has 1 heterocycles. The minimum atomic E-state index is -3.46. The molecule has 0 aliphatic carbocycles. The Morgan fingerprint density at radius 1 is 1.09 bits per heavy atom. The van der Waals surface area contributed by atoms with Crippen molar-refractivity contribution in [2.75, 3.05) is 26.2 Å². The van der Waals surface area contributed by atoms with Crippen LogP contribution in [0.15, 0.2) is 53.4 Å². The Morgan fingerprint density at radius 2 is 1.81 bits per heavy atom. The minimum absolute atomic E-state index is 0.237. The summed E-state index contributed by atoms with van der Waals surface area (Å²) < 4.78 is 38.3. The first-order valence-electron chi connectivity index (χ1n) is 10.8. The molecule has 0 radical (unpaired) electrons. The summed E-state index contributed by atoms with van der Waals surface area (Å²) in [7, 11) is -3.46. The van der Waals surface area contributed by atoms with Crippen LogP contribution in [0.2, 0.25) is 5.02 Å². The third kappa shape index (κ3) is 6.60. The Balaban J connectivity index is 1.45. The van der Waals surface area contributed by atoms with Crippen molar-refractivity contribution in [3.63, 3.8) is 0 Å². The molecule has 1 aliphatic rings. The molecule has 1 fully saturated rings. The number of hydrogen-bond acceptors (Lipinski definition) is 5. The molecule has 174 valence electrons. The second kappa shape index (κ2) is 11.5. The first kappa shape index (κ1) is 24.4. The summed E-state index contributed by atoms with van der Waals surface area (Å²) in [6, 6.07) is 13.3. The standard InChI is InChI=1S/C23H29ClN2O5S/c1-2-22(31-20-8-6-7-18(24)17-20)23(27)25-13-16-30-19-9-11-21(12-10-19)32(28,29)26-14-4-3-5-15-26/h6-12,17,22H,2-5,13-16H2,1H3,(H,25,27)/t22-/m0/s1. The minimum Gasteiger partial charge on any atom is -0.492 e. The number of halogens is 1. The van der Waals surface area contributed by atoms with Crippen LogP contribution in [-0.4, -0.2) is 51.0 Å². The van der Waals surface area contributed by atoms with Gasteiger partial charge in [0, 0.05) is 18.1 Å². The van der Waals surface area contributed by atoms with Crippen LogP contribution in [0.5, 0.6) is 11.5 Å². The first-order chi connectivity index (χ1) is 15.4. The summed E-state index contributed by atoms with van der Waals surface area (Å²) in [6.45, 7) is 3.55. The van der Waals surface area contributed by atoms with E-state index in [-0.39, 0.29) is 17.4 Å². The molecule has 7 nitrogen and oxygen atoms in total. The average molecular weight is 481 g/mol. The van der Waals surface area contributed by atoms with Crippen molar-refractivity contribution in [3.8, 4) is 11.5 Å². The lowest BCUT2D eigenvalue weighted by Crippen LogP contribution is -2.39. The van der Waals surface area contributed by atoms with E-state index in [0.717, 1.165) is 19.3 Å². The van der Waals surface area contributed by atoms with Gasteiger partial charge in [-0.25, -0.2) is 8.42 Å². The van der Waals surface area contributed by atoms with Gasteiger partial charge in [0.2, 0.25) is 10.0 Å². The van der Waals surface area contributed by atoms with Gasteiger partial charge in [0.1, 0.15) is 18.1 Å². The van der Waals surface area contributed by atoms with Crippen LogP contribution < -0.4 is 14.8 Å². The first-order valence-corrected chi connectivity index (χ1v) is 12.6. The fourth-order valence-corrected chi connectivity index (χ4v) is 5.14. The largest absolute Gasteiger partial charge is 0.492 e. The van der Waals surface area contributed by atoms with Gasteiger partial charge in [0.05, 0.1) is 11.4 Å². The highest BCUT2D eigenvalue weighted by atomic mass is 35.5. The number of sulfonamides is 1. The number of carbonyl (C=O) groups is 1. The van der Waals surface area contributed by atoms with E-state index in [1.807, 2.05) is 6.92 Å². The highest BCUT2D eigenvalue weighted by Gasteiger charge is 2.25. The van der Waals surface area contributed by atoms with Crippen LogP contribution >= 0.6 is 11.6 Å². The lowest BCUT2D eigenvalue weighted by atomic mass is 10.2. The maximum atomic E-state index is 12.7. The van der Waals surface area contributed by atoms with Gasteiger partial charge in [-0.15, -0.1) is 0 Å². The van der Waals surface area contributed by atoms with Crippen molar-refractivity contribution in [1.29, 1.82) is 0 Å². The number of benzene rings is 2. The Morgan fingerprint density at radius 3 is 2.47 bits per heavy atom. The SMILES string of the molecule is CC[C@H](Oc1cccc(Cl)c1)C(=O)NCCOc1ccc(S(=O)(=O)N2CCCCC2)cc1. The predicted octanol–water partition coefficient (Wildman–Crippen LogP) is 3.87. The van der Waals surface area contributed by atoms with Crippen molar-refractivity contribution >= 4 is 27.5 Å². The van der Waals surface area contributed by atoms with E-state index in [2.05, 4.69) is 5.32 Å². The zero-order chi connectivity index (χ0) is 23.0. The van der Waals surface area contributed by atoms with Gasteiger partial charge in [-0.1, -0.05) is 31.0 Å². The van der Waals surface area contributed by atoms with E-state index >= 15 is 0 Å². The number of amides is 1. The molecule has 3 rings (SSSR count). The Hall–Kier alpha value is -2.29. The molecule has 1 N–H and O–H groups in total. The summed E-state index contributed by atoms with van der Waals surface area (Å²) in [4.78, 5) is 12.7. The summed E-state index contributed by atoms with van der Waals surface area (Å²) >= 11 is 5.95. The summed E-state index contributed by atoms with van der Waals surface area (Å²) in [5.41, 5.74) is 0. The van der Waals surface area contributed by atoms with Gasteiger partial charge in [0.15, 0.2) is 6.10 Å². The van der Waals surface area contributed by atoms with E-state index < -0.39 is 16.1 Å². The third-order valence-electron chi connectivity index (χ3n) is 5.18. The van der Waals surface area contributed by atoms with Crippen molar-refractivity contribution in [2.24, 2.45) is 0 Å². The summed E-state index contributed by atoms with van der Waals surface area (Å²) in [5, 5.41) is 3.34. The van der Waals surface area contributed by atoms with E-state index in [0.29, 0.717) is 42.6 Å². The van der Waals surface area contributed by atoms with Crippen molar-refractivity contribution in [3.05, 3.63) is 53.6 Å². The van der Waals surface area contributed by atoms with Crippen LogP contribution in [-0.2, 0) is 14.8 Å². The second-order valence-corrected chi connectivity index (χ2v) is 9.92. The molecule has 1 saturated heterocycles. The molecule has 1 aliphatic heterocycles. The molecule has 2 aromatic carbocycles. The van der Waals surface area contributed by atoms with E-state index in [4.69, 9.17) is 21.1 Å². The lowest BCUT2D eigenvalue weighted by molar-refractivity contribution is -0.128. The predicted molar refractivity (Wildman–Crippen MR) is 124 cm³/mol. The number of carbonyl (C=O) groups excluding carboxylic acids is 1. The van der Waals surface area contributed by atoms with Crippen LogP contribution in [0, 0.1) is 0 Å². The third-order valence-corrected chi connectivity index (χ3v) is 7.33. The maximum absolute atomic E-state index is 12.7. The number of nitrogens with one attached hydrogen (secondary N) is 1. The van der Waals surface area contributed by atoms with Gasteiger partial charge in [0.25, 0.3) is 5.91 Å². The monoisotopic (exact) mass is 480 g/mol. The van der Waals surface area contributed by atoms with E-state index in [1.165, 1.54) is 4.31 Å². The van der Waals surface area contributed by atoms with Crippen LogP contribution in [0.4, 0.5) is 0 Å². The quantitative estimate of drug-likeness (QED) is 0.522. The lowest BCUT2D eigenvalue weighted by Gasteiger charge is -2.25. The van der Waals surface area contributed by atoms with Crippen molar-refractivity contribution < 1.29 is 22.7 Å². The molecule has 1 amide bonds. The molecule has 0 aromatic heterocycles. The average Bonchev–Trinajstić information content (AvgIpc) is 2.81. The number of rotatable bonds is 10. The van der Waals surface area contributed by atoms with Gasteiger partial charge in [-0.2, -0.15) is 4.31 Å². The van der Waals surface area contributed by atoms with Crippen LogP contribution in [0.25, 0.3) is 0 Å². The topological polar surface area (TPSA) is 84.9 Å².